The summed E-state index contributed by atoms with van der Waals surface area (Å²) in [4.78, 5) is 22.6. The molecule has 2 heterocycles. The molecule has 1 saturated heterocycles. The van der Waals surface area contributed by atoms with Crippen LogP contribution in [0.3, 0.4) is 0 Å². The van der Waals surface area contributed by atoms with Crippen molar-refractivity contribution >= 4 is 27.4 Å². The Bertz CT molecular complexity index is 986. The Balaban J connectivity index is 1.85. The summed E-state index contributed by atoms with van der Waals surface area (Å²) < 4.78 is 33.2. The maximum Gasteiger partial charge on any atom is 0.255 e. The van der Waals surface area contributed by atoms with Crippen LogP contribution < -0.4 is 10.2 Å². The van der Waals surface area contributed by atoms with E-state index in [1.807, 2.05) is 13.8 Å². The molecule has 1 aliphatic rings. The first kappa shape index (κ1) is 21.2. The Labute approximate surface area is 170 Å². The van der Waals surface area contributed by atoms with E-state index in [0.29, 0.717) is 11.5 Å². The summed E-state index contributed by atoms with van der Waals surface area (Å²) in [7, 11) is -0.136. The largest absolute Gasteiger partial charge is 0.373 e. The second kappa shape index (κ2) is 8.44. The number of benzene rings is 1. The fourth-order valence-corrected chi connectivity index (χ4v) is 4.87. The van der Waals surface area contributed by atoms with Crippen LogP contribution in [0.5, 0.6) is 0 Å². The van der Waals surface area contributed by atoms with E-state index in [9.17, 15) is 13.2 Å². The number of sulfonamides is 1. The van der Waals surface area contributed by atoms with Gasteiger partial charge in [-0.25, -0.2) is 18.4 Å². The molecule has 1 aliphatic heterocycles. The van der Waals surface area contributed by atoms with Crippen molar-refractivity contribution in [3.05, 3.63) is 42.4 Å². The van der Waals surface area contributed by atoms with Gasteiger partial charge in [0.2, 0.25) is 10.0 Å². The van der Waals surface area contributed by atoms with E-state index in [0.717, 1.165) is 0 Å². The molecule has 2 atom stereocenters. The average molecular weight is 420 g/mol. The highest BCUT2D eigenvalue weighted by molar-refractivity contribution is 7.89. The van der Waals surface area contributed by atoms with Gasteiger partial charge in [-0.3, -0.25) is 4.79 Å². The molecule has 0 bridgehead atoms. The molecule has 0 aliphatic carbocycles. The van der Waals surface area contributed by atoms with Crippen LogP contribution in [0.1, 0.15) is 24.2 Å². The zero-order valence-electron chi connectivity index (χ0n) is 16.9. The van der Waals surface area contributed by atoms with Gasteiger partial charge in [-0.1, -0.05) is 6.07 Å². The van der Waals surface area contributed by atoms with Gasteiger partial charge in [-0.05, 0) is 32.0 Å². The van der Waals surface area contributed by atoms with E-state index in [1.165, 1.54) is 29.0 Å². The molecule has 0 spiro atoms. The van der Waals surface area contributed by atoms with Crippen molar-refractivity contribution in [2.45, 2.75) is 31.0 Å². The molecule has 156 valence electrons. The highest BCUT2D eigenvalue weighted by Crippen LogP contribution is 2.23. The lowest BCUT2D eigenvalue weighted by molar-refractivity contribution is -0.0440. The summed E-state index contributed by atoms with van der Waals surface area (Å²) in [5.74, 6) is 0.108. The van der Waals surface area contributed by atoms with Crippen LogP contribution in [0.4, 0.5) is 11.5 Å². The normalized spacial score (nSPS) is 20.3. The zero-order chi connectivity index (χ0) is 21.2. The van der Waals surface area contributed by atoms with Gasteiger partial charge >= 0.3 is 0 Å². The van der Waals surface area contributed by atoms with Crippen molar-refractivity contribution in [1.29, 1.82) is 0 Å². The summed E-state index contributed by atoms with van der Waals surface area (Å²) in [6.45, 7) is 4.23. The lowest BCUT2D eigenvalue weighted by Crippen LogP contribution is -2.48. The maximum atomic E-state index is 13.1. The van der Waals surface area contributed by atoms with Gasteiger partial charge in [0.15, 0.2) is 5.82 Å². The second-order valence-corrected chi connectivity index (χ2v) is 9.15. The molecule has 1 aromatic carbocycles. The highest BCUT2D eigenvalue weighted by atomic mass is 32.2. The van der Waals surface area contributed by atoms with Crippen LogP contribution >= 0.6 is 0 Å². The van der Waals surface area contributed by atoms with E-state index in [4.69, 9.17) is 4.74 Å². The maximum absolute atomic E-state index is 13.1. The van der Waals surface area contributed by atoms with Crippen LogP contribution in [0, 0.1) is 0 Å². The highest BCUT2D eigenvalue weighted by Gasteiger charge is 2.32. The number of ether oxygens (including phenoxy) is 1. The van der Waals surface area contributed by atoms with Gasteiger partial charge in [0, 0.05) is 32.7 Å². The molecule has 1 fully saturated rings. The fourth-order valence-electron chi connectivity index (χ4n) is 3.24. The Hall–Kier alpha value is -2.56. The van der Waals surface area contributed by atoms with Crippen molar-refractivity contribution in [3.8, 4) is 0 Å². The fraction of sp³-hybridized carbons (Fsp3) is 0.421. The topological polar surface area (TPSA) is 105 Å². The molecule has 9 nitrogen and oxygen atoms in total. The van der Waals surface area contributed by atoms with Crippen molar-refractivity contribution in [1.82, 2.24) is 14.3 Å². The molecular weight excluding hydrogens is 394 g/mol. The molecule has 1 aromatic heterocycles. The van der Waals surface area contributed by atoms with Crippen LogP contribution in [0.25, 0.3) is 0 Å². The van der Waals surface area contributed by atoms with E-state index < -0.39 is 15.9 Å². The molecule has 1 N–H and O–H groups in total. The van der Waals surface area contributed by atoms with Crippen LogP contribution in [0.2, 0.25) is 0 Å². The minimum atomic E-state index is -3.74. The third kappa shape index (κ3) is 4.72. The standard InChI is InChI=1S/C19H25N5O4S/c1-13-10-24(11-14(2)28-13)29(26,27)16-7-5-6-15(8-16)19(25)22-17-9-20-12-21-18(17)23(3)4/h5-9,12-14H,10-11H2,1-4H3,(H,22,25)/t13-,14-/m1/s1. The number of nitrogens with zero attached hydrogens (tertiary/aromatic N) is 4. The summed E-state index contributed by atoms with van der Waals surface area (Å²) in [6, 6.07) is 6.00. The number of carbonyl (C=O) groups excluding carboxylic acids is 1. The van der Waals surface area contributed by atoms with Gasteiger partial charge < -0.3 is 15.0 Å². The Morgan fingerprint density at radius 2 is 1.93 bits per heavy atom. The van der Waals surface area contributed by atoms with Crippen LogP contribution in [0.15, 0.2) is 41.7 Å². The first-order valence-electron chi connectivity index (χ1n) is 9.23. The lowest BCUT2D eigenvalue weighted by atomic mass is 10.2. The quantitative estimate of drug-likeness (QED) is 0.785. The molecule has 0 unspecified atom stereocenters. The van der Waals surface area contributed by atoms with Crippen molar-refractivity contribution in [3.63, 3.8) is 0 Å². The smallest absolute Gasteiger partial charge is 0.255 e. The summed E-state index contributed by atoms with van der Waals surface area (Å²) in [5.41, 5.74) is 0.667. The molecule has 0 saturated carbocycles. The third-order valence-corrected chi connectivity index (χ3v) is 6.31. The average Bonchev–Trinajstić information content (AvgIpc) is 2.67. The minimum absolute atomic E-state index is 0.0728. The Kier molecular flexibility index (Phi) is 6.15. The number of rotatable bonds is 5. The minimum Gasteiger partial charge on any atom is -0.373 e. The molecule has 0 radical (unpaired) electrons. The number of carbonyl (C=O) groups is 1. The molecule has 10 heteroatoms. The first-order chi connectivity index (χ1) is 13.7. The lowest BCUT2D eigenvalue weighted by Gasteiger charge is -2.34. The second-order valence-electron chi connectivity index (χ2n) is 7.22. The van der Waals surface area contributed by atoms with Crippen LogP contribution in [-0.4, -0.2) is 68.0 Å². The zero-order valence-corrected chi connectivity index (χ0v) is 17.7. The van der Waals surface area contributed by atoms with E-state index in [1.54, 1.807) is 31.1 Å². The summed E-state index contributed by atoms with van der Waals surface area (Å²) in [5, 5.41) is 2.75. The predicted molar refractivity (Wildman–Crippen MR) is 110 cm³/mol. The van der Waals surface area contributed by atoms with Gasteiger partial charge in [0.1, 0.15) is 12.0 Å². The van der Waals surface area contributed by atoms with Gasteiger partial charge in [0.25, 0.3) is 5.91 Å². The molecule has 3 rings (SSSR count). The molecule has 29 heavy (non-hydrogen) atoms. The predicted octanol–water partition coefficient (Wildman–Crippen LogP) is 1.59. The van der Waals surface area contributed by atoms with E-state index >= 15 is 0 Å². The van der Waals surface area contributed by atoms with E-state index in [2.05, 4.69) is 15.3 Å². The molecule has 2 aromatic rings. The number of hydrogen-bond donors (Lipinski definition) is 1. The van der Waals surface area contributed by atoms with Crippen molar-refractivity contribution < 1.29 is 17.9 Å². The molecular formula is C19H25N5O4S. The number of amides is 1. The Morgan fingerprint density at radius 3 is 2.59 bits per heavy atom. The van der Waals surface area contributed by atoms with Crippen LogP contribution in [-0.2, 0) is 14.8 Å². The number of nitrogens with one attached hydrogen (secondary N) is 1. The number of hydrogen-bond acceptors (Lipinski definition) is 7. The first-order valence-corrected chi connectivity index (χ1v) is 10.7. The van der Waals surface area contributed by atoms with Gasteiger partial charge in [0.05, 0.1) is 23.3 Å². The SMILES string of the molecule is C[C@@H]1CN(S(=O)(=O)c2cccc(C(=O)Nc3cncnc3N(C)C)c2)C[C@@H](C)O1. The monoisotopic (exact) mass is 419 g/mol. The number of morpholine rings is 1. The van der Waals surface area contributed by atoms with E-state index in [-0.39, 0.29) is 35.8 Å². The van der Waals surface area contributed by atoms with Gasteiger partial charge in [-0.15, -0.1) is 0 Å². The summed E-state index contributed by atoms with van der Waals surface area (Å²) >= 11 is 0. The van der Waals surface area contributed by atoms with Crippen molar-refractivity contribution in [2.24, 2.45) is 0 Å². The van der Waals surface area contributed by atoms with Gasteiger partial charge in [-0.2, -0.15) is 4.31 Å². The number of aromatic nitrogens is 2. The third-order valence-electron chi connectivity index (χ3n) is 4.48. The number of anilines is 2. The summed E-state index contributed by atoms with van der Waals surface area (Å²) in [6.07, 6.45) is 2.50. The Morgan fingerprint density at radius 1 is 1.24 bits per heavy atom. The molecule has 1 amide bonds. The van der Waals surface area contributed by atoms with Crippen molar-refractivity contribution in [2.75, 3.05) is 37.4 Å².